The Morgan fingerprint density at radius 2 is 1.85 bits per heavy atom. The van der Waals surface area contributed by atoms with Crippen LogP contribution in [0.15, 0.2) is 35.5 Å². The van der Waals surface area contributed by atoms with Gasteiger partial charge in [-0.2, -0.15) is 13.2 Å². The zero-order chi connectivity index (χ0) is 23.7. The second-order valence-corrected chi connectivity index (χ2v) is 9.97. The summed E-state index contributed by atoms with van der Waals surface area (Å²) in [6.45, 7) is 0. The molecule has 4 nitrogen and oxygen atoms in total. The van der Waals surface area contributed by atoms with Crippen LogP contribution in [0.4, 0.5) is 17.6 Å². The molecule has 3 aromatic rings. The van der Waals surface area contributed by atoms with E-state index < -0.39 is 45.5 Å². The van der Waals surface area contributed by atoms with E-state index in [0.29, 0.717) is 21.6 Å². The SMILES string of the molecule is NC(=O)c1ccc(C2=NOC(c3cc(Cl)c(F)c(Cl)c3)(C(F)(F)F)C2)c2sc(C3CC3)cc12. The standard InChI is InChI=1S/C22H14Cl2F4N2O2S/c23-14-5-10(6-15(24)18(14)25)21(22(26,27)28)8-16(30-32-21)12-4-3-11(20(29)31)13-7-17(9-1-2-9)33-19(12)13/h3-7,9H,1-2,8H2,(H2,29,31). The molecule has 2 aliphatic rings. The highest BCUT2D eigenvalue weighted by Gasteiger charge is 2.62. The molecule has 1 fully saturated rings. The van der Waals surface area contributed by atoms with Crippen molar-refractivity contribution in [3.05, 3.63) is 67.8 Å². The third-order valence-corrected chi connectivity index (χ3v) is 7.78. The molecule has 2 aromatic carbocycles. The van der Waals surface area contributed by atoms with Gasteiger partial charge in [0.15, 0.2) is 5.82 Å². The summed E-state index contributed by atoms with van der Waals surface area (Å²) in [5.41, 5.74) is 2.89. The zero-order valence-electron chi connectivity index (χ0n) is 16.6. The molecule has 1 saturated carbocycles. The number of hydrogen-bond acceptors (Lipinski definition) is 4. The fraction of sp³-hybridized carbons (Fsp3) is 0.273. The van der Waals surface area contributed by atoms with Crippen molar-refractivity contribution in [1.82, 2.24) is 0 Å². The van der Waals surface area contributed by atoms with Crippen molar-refractivity contribution in [3.8, 4) is 0 Å². The van der Waals surface area contributed by atoms with Gasteiger partial charge in [-0.05, 0) is 43.0 Å². The molecule has 1 atom stereocenters. The Kier molecular flexibility index (Phi) is 5.15. The van der Waals surface area contributed by atoms with Gasteiger partial charge in [-0.1, -0.05) is 34.4 Å². The number of nitrogens with two attached hydrogens (primary N) is 1. The number of oxime groups is 1. The van der Waals surface area contributed by atoms with Gasteiger partial charge in [-0.3, -0.25) is 4.79 Å². The number of thiophene rings is 1. The molecular formula is C22H14Cl2F4N2O2S. The molecule has 2 heterocycles. The van der Waals surface area contributed by atoms with Crippen LogP contribution < -0.4 is 5.73 Å². The van der Waals surface area contributed by atoms with E-state index in [9.17, 15) is 22.4 Å². The Labute approximate surface area is 198 Å². The fourth-order valence-electron chi connectivity index (χ4n) is 3.99. The van der Waals surface area contributed by atoms with Gasteiger partial charge in [-0.25, -0.2) is 4.39 Å². The number of benzene rings is 2. The van der Waals surface area contributed by atoms with Gasteiger partial charge < -0.3 is 10.6 Å². The molecule has 0 spiro atoms. The lowest BCUT2D eigenvalue weighted by Crippen LogP contribution is -2.42. The van der Waals surface area contributed by atoms with Crippen molar-refractivity contribution >= 4 is 56.2 Å². The smallest absolute Gasteiger partial charge is 0.374 e. The highest BCUT2D eigenvalue weighted by Crippen LogP contribution is 2.51. The largest absolute Gasteiger partial charge is 0.435 e. The van der Waals surface area contributed by atoms with Crippen LogP contribution in [0.25, 0.3) is 10.1 Å². The van der Waals surface area contributed by atoms with Gasteiger partial charge in [0.05, 0.1) is 22.2 Å². The van der Waals surface area contributed by atoms with E-state index in [2.05, 4.69) is 5.16 Å². The number of carbonyl (C=O) groups is 1. The first-order chi connectivity index (χ1) is 15.5. The first kappa shape index (κ1) is 22.4. The second-order valence-electron chi connectivity index (χ2n) is 8.08. The number of rotatable bonds is 4. The van der Waals surface area contributed by atoms with Crippen molar-refractivity contribution < 1.29 is 27.2 Å². The number of carbonyl (C=O) groups excluding carboxylic acids is 1. The quantitative estimate of drug-likeness (QED) is 0.302. The Morgan fingerprint density at radius 1 is 1.18 bits per heavy atom. The van der Waals surface area contributed by atoms with E-state index in [1.54, 1.807) is 0 Å². The molecule has 1 aliphatic heterocycles. The van der Waals surface area contributed by atoms with Gasteiger partial charge in [0.2, 0.25) is 5.91 Å². The predicted octanol–water partition coefficient (Wildman–Crippen LogP) is 6.91. The number of halogens is 6. The molecule has 1 amide bonds. The van der Waals surface area contributed by atoms with Gasteiger partial charge in [0.25, 0.3) is 5.60 Å². The van der Waals surface area contributed by atoms with Crippen molar-refractivity contribution in [1.29, 1.82) is 0 Å². The number of primary amides is 1. The van der Waals surface area contributed by atoms with E-state index in [1.165, 1.54) is 23.5 Å². The first-order valence-corrected chi connectivity index (χ1v) is 11.4. The molecular weight excluding hydrogens is 503 g/mol. The lowest BCUT2D eigenvalue weighted by molar-refractivity contribution is -0.275. The summed E-state index contributed by atoms with van der Waals surface area (Å²) in [7, 11) is 0. The third-order valence-electron chi connectivity index (χ3n) is 5.89. The Bertz CT molecular complexity index is 1330. The normalized spacial score (nSPS) is 20.7. The zero-order valence-corrected chi connectivity index (χ0v) is 18.9. The van der Waals surface area contributed by atoms with Crippen LogP contribution in [-0.2, 0) is 10.4 Å². The van der Waals surface area contributed by atoms with Crippen LogP contribution >= 0.6 is 34.5 Å². The number of fused-ring (bicyclic) bond motifs is 1. The summed E-state index contributed by atoms with van der Waals surface area (Å²) in [4.78, 5) is 18.0. The lowest BCUT2D eigenvalue weighted by atomic mass is 9.86. The van der Waals surface area contributed by atoms with Crippen LogP contribution in [-0.4, -0.2) is 17.8 Å². The molecule has 2 N–H and O–H groups in total. The topological polar surface area (TPSA) is 64.7 Å². The first-order valence-electron chi connectivity index (χ1n) is 9.85. The molecule has 11 heteroatoms. The van der Waals surface area contributed by atoms with Crippen molar-refractivity contribution in [2.75, 3.05) is 0 Å². The average Bonchev–Trinajstić information content (AvgIpc) is 3.32. The molecule has 0 saturated heterocycles. The summed E-state index contributed by atoms with van der Waals surface area (Å²) in [5, 5.41) is 3.25. The predicted molar refractivity (Wildman–Crippen MR) is 119 cm³/mol. The van der Waals surface area contributed by atoms with Crippen LogP contribution in [0.5, 0.6) is 0 Å². The highest BCUT2D eigenvalue weighted by atomic mass is 35.5. The van der Waals surface area contributed by atoms with E-state index in [0.717, 1.165) is 29.9 Å². The third kappa shape index (κ3) is 3.57. The maximum atomic E-state index is 14.3. The number of hydrogen-bond donors (Lipinski definition) is 1. The van der Waals surface area contributed by atoms with Gasteiger partial charge in [0, 0.05) is 31.7 Å². The Hall–Kier alpha value is -2.36. The minimum absolute atomic E-state index is 0.0362. The molecule has 5 rings (SSSR count). The summed E-state index contributed by atoms with van der Waals surface area (Å²) in [6, 6.07) is 6.56. The van der Waals surface area contributed by atoms with Crippen LogP contribution in [0.2, 0.25) is 10.0 Å². The maximum Gasteiger partial charge on any atom is 0.435 e. The fourth-order valence-corrected chi connectivity index (χ4v) is 5.87. The summed E-state index contributed by atoms with van der Waals surface area (Å²) in [6.07, 6.45) is -3.57. The molecule has 1 aromatic heterocycles. The number of nitrogens with zero attached hydrogens (tertiary/aromatic N) is 1. The second kappa shape index (κ2) is 7.58. The summed E-state index contributed by atoms with van der Waals surface area (Å²) in [5.74, 6) is -1.28. The van der Waals surface area contributed by atoms with E-state index in [-0.39, 0.29) is 11.3 Å². The molecule has 172 valence electrons. The van der Waals surface area contributed by atoms with Crippen molar-refractivity contribution in [2.24, 2.45) is 10.9 Å². The minimum Gasteiger partial charge on any atom is -0.374 e. The average molecular weight is 517 g/mol. The number of alkyl halides is 3. The van der Waals surface area contributed by atoms with Gasteiger partial charge >= 0.3 is 6.18 Å². The lowest BCUT2D eigenvalue weighted by Gasteiger charge is -2.29. The van der Waals surface area contributed by atoms with E-state index >= 15 is 0 Å². The van der Waals surface area contributed by atoms with Crippen molar-refractivity contribution in [2.45, 2.75) is 37.0 Å². The van der Waals surface area contributed by atoms with E-state index in [4.69, 9.17) is 33.8 Å². The molecule has 1 unspecified atom stereocenters. The summed E-state index contributed by atoms with van der Waals surface area (Å²) >= 11 is 12.9. The maximum absolute atomic E-state index is 14.3. The molecule has 33 heavy (non-hydrogen) atoms. The van der Waals surface area contributed by atoms with Gasteiger partial charge in [-0.15, -0.1) is 11.3 Å². The number of amides is 1. The molecule has 1 aliphatic carbocycles. The van der Waals surface area contributed by atoms with Crippen LogP contribution in [0.3, 0.4) is 0 Å². The molecule has 0 radical (unpaired) electrons. The Morgan fingerprint density at radius 3 is 2.42 bits per heavy atom. The van der Waals surface area contributed by atoms with Gasteiger partial charge in [0.1, 0.15) is 0 Å². The van der Waals surface area contributed by atoms with Crippen molar-refractivity contribution in [3.63, 3.8) is 0 Å². The molecule has 0 bridgehead atoms. The van der Waals surface area contributed by atoms with Crippen LogP contribution in [0.1, 0.15) is 51.5 Å². The minimum atomic E-state index is -4.91. The highest BCUT2D eigenvalue weighted by molar-refractivity contribution is 7.19. The summed E-state index contributed by atoms with van der Waals surface area (Å²) < 4.78 is 57.4. The van der Waals surface area contributed by atoms with Crippen LogP contribution in [0, 0.1) is 5.82 Å². The monoisotopic (exact) mass is 516 g/mol. The van der Waals surface area contributed by atoms with E-state index in [1.807, 2.05) is 6.07 Å². The Balaban J connectivity index is 1.62.